The monoisotopic (exact) mass is 535 g/mol. The number of thiazole rings is 1. The molecule has 37 heavy (non-hydrogen) atoms. The summed E-state index contributed by atoms with van der Waals surface area (Å²) in [6.45, 7) is 4.05. The molecule has 1 aromatic carbocycles. The van der Waals surface area contributed by atoms with E-state index < -0.39 is 23.9 Å². The Labute approximate surface area is 214 Å². The van der Waals surface area contributed by atoms with Gasteiger partial charge in [-0.05, 0) is 32.0 Å². The van der Waals surface area contributed by atoms with Gasteiger partial charge in [0.15, 0.2) is 0 Å². The number of amides is 2. The van der Waals surface area contributed by atoms with Gasteiger partial charge in [0.25, 0.3) is 5.91 Å². The second-order valence-corrected chi connectivity index (χ2v) is 9.81. The highest BCUT2D eigenvalue weighted by Gasteiger charge is 2.34. The zero-order valence-corrected chi connectivity index (χ0v) is 21.0. The number of aryl methyl sites for hydroxylation is 1. The zero-order chi connectivity index (χ0) is 26.7. The molecule has 1 N–H and O–H groups in total. The molecule has 1 aliphatic rings. The summed E-state index contributed by atoms with van der Waals surface area (Å²) in [5.74, 6) is -1.42. The fraction of sp³-hybridized carbons (Fsp3) is 0.375. The number of aromatic nitrogens is 3. The first-order valence-electron chi connectivity index (χ1n) is 11.3. The van der Waals surface area contributed by atoms with E-state index in [0.717, 1.165) is 17.3 Å². The zero-order valence-electron chi connectivity index (χ0n) is 20.2. The number of likely N-dealkylation sites (N-methyl/N-ethyl adjacent to an activating group) is 1. The van der Waals surface area contributed by atoms with E-state index in [4.69, 9.17) is 9.47 Å². The van der Waals surface area contributed by atoms with Crippen LogP contribution in [-0.4, -0.2) is 64.6 Å². The lowest BCUT2D eigenvalue weighted by Gasteiger charge is -2.29. The highest BCUT2D eigenvalue weighted by molar-refractivity contribution is 7.14. The van der Waals surface area contributed by atoms with Gasteiger partial charge in [0.1, 0.15) is 30.1 Å². The van der Waals surface area contributed by atoms with Crippen LogP contribution in [0, 0.1) is 6.92 Å². The highest BCUT2D eigenvalue weighted by atomic mass is 32.1. The molecular weight excluding hydrogens is 511 g/mol. The number of rotatable bonds is 7. The van der Waals surface area contributed by atoms with Crippen LogP contribution in [0.15, 0.2) is 36.8 Å². The number of ether oxygens (including phenoxy) is 2. The summed E-state index contributed by atoms with van der Waals surface area (Å²) in [4.78, 5) is 38.4. The molecule has 1 fully saturated rings. The topological polar surface area (TPSA) is 107 Å². The molecule has 0 radical (unpaired) electrons. The number of benzene rings is 1. The van der Waals surface area contributed by atoms with Crippen molar-refractivity contribution in [1.82, 2.24) is 25.2 Å². The molecule has 2 atom stereocenters. The number of nitrogens with one attached hydrogen (secondary N) is 1. The maximum Gasteiger partial charge on any atom is 0.451 e. The molecule has 1 aliphatic heterocycles. The Morgan fingerprint density at radius 3 is 2.59 bits per heavy atom. The van der Waals surface area contributed by atoms with Crippen LogP contribution in [0.1, 0.15) is 39.6 Å². The largest absolute Gasteiger partial charge is 0.491 e. The first kappa shape index (κ1) is 26.5. The lowest BCUT2D eigenvalue weighted by Crippen LogP contribution is -2.46. The Kier molecular flexibility index (Phi) is 7.73. The van der Waals surface area contributed by atoms with E-state index in [2.05, 4.69) is 20.3 Å². The van der Waals surface area contributed by atoms with E-state index in [0.29, 0.717) is 28.4 Å². The van der Waals surface area contributed by atoms with Gasteiger partial charge in [0, 0.05) is 53.8 Å². The maximum atomic E-state index is 13.1. The van der Waals surface area contributed by atoms with Gasteiger partial charge in [0.05, 0.1) is 6.04 Å². The Morgan fingerprint density at radius 1 is 1.24 bits per heavy atom. The van der Waals surface area contributed by atoms with Crippen molar-refractivity contribution in [3.05, 3.63) is 58.6 Å². The van der Waals surface area contributed by atoms with Gasteiger partial charge in [-0.2, -0.15) is 13.2 Å². The molecule has 3 aromatic rings. The molecule has 196 valence electrons. The fourth-order valence-electron chi connectivity index (χ4n) is 3.55. The van der Waals surface area contributed by atoms with Crippen LogP contribution < -0.4 is 10.1 Å². The van der Waals surface area contributed by atoms with Crippen LogP contribution in [-0.2, 0) is 15.7 Å². The molecular formula is C24H24F3N5O4S. The smallest absolute Gasteiger partial charge is 0.451 e. The Bertz CT molecular complexity index is 1280. The van der Waals surface area contributed by atoms with Crippen LogP contribution in [0.25, 0.3) is 10.6 Å². The number of carbonyl (C=O) groups is 2. The molecule has 0 saturated carbocycles. The number of hydrogen-bond donors (Lipinski definition) is 1. The van der Waals surface area contributed by atoms with Crippen molar-refractivity contribution in [3.8, 4) is 16.3 Å². The van der Waals surface area contributed by atoms with Gasteiger partial charge < -0.3 is 19.7 Å². The molecule has 1 unspecified atom stereocenters. The second kappa shape index (κ2) is 10.8. The third kappa shape index (κ3) is 6.60. The van der Waals surface area contributed by atoms with E-state index in [-0.39, 0.29) is 30.8 Å². The third-order valence-corrected chi connectivity index (χ3v) is 6.55. The van der Waals surface area contributed by atoms with Crippen LogP contribution >= 0.6 is 11.3 Å². The van der Waals surface area contributed by atoms with Crippen LogP contribution in [0.2, 0.25) is 0 Å². The number of alkyl halides is 3. The Hall–Kier alpha value is -3.58. The predicted molar refractivity (Wildman–Crippen MR) is 128 cm³/mol. The molecule has 1 saturated heterocycles. The molecule has 9 nitrogen and oxygen atoms in total. The maximum absolute atomic E-state index is 13.1. The van der Waals surface area contributed by atoms with Crippen molar-refractivity contribution in [3.63, 3.8) is 0 Å². The lowest BCUT2D eigenvalue weighted by atomic mass is 10.1. The quantitative estimate of drug-likeness (QED) is 0.492. The number of hydrogen-bond acceptors (Lipinski definition) is 8. The summed E-state index contributed by atoms with van der Waals surface area (Å²) in [5, 5.41) is 3.45. The van der Waals surface area contributed by atoms with Crippen molar-refractivity contribution in [1.29, 1.82) is 0 Å². The molecule has 3 heterocycles. The first-order chi connectivity index (χ1) is 17.5. The summed E-state index contributed by atoms with van der Waals surface area (Å²) < 4.78 is 49.7. The van der Waals surface area contributed by atoms with Crippen molar-refractivity contribution in [2.45, 2.75) is 32.2 Å². The Morgan fingerprint density at radius 2 is 1.97 bits per heavy atom. The molecule has 13 heteroatoms. The van der Waals surface area contributed by atoms with Gasteiger partial charge in [0.2, 0.25) is 11.7 Å². The molecule has 4 rings (SSSR count). The fourth-order valence-corrected chi connectivity index (χ4v) is 4.30. The third-order valence-electron chi connectivity index (χ3n) is 5.59. The minimum Gasteiger partial charge on any atom is -0.491 e. The van der Waals surface area contributed by atoms with E-state index in [9.17, 15) is 22.8 Å². The molecule has 2 aromatic heterocycles. The van der Waals surface area contributed by atoms with Gasteiger partial charge in [-0.3, -0.25) is 9.59 Å². The minimum atomic E-state index is -4.65. The molecule has 0 bridgehead atoms. The Balaban J connectivity index is 1.52. The number of halogens is 3. The van der Waals surface area contributed by atoms with Crippen LogP contribution in [0.4, 0.5) is 13.2 Å². The van der Waals surface area contributed by atoms with Crippen molar-refractivity contribution < 1.29 is 32.2 Å². The van der Waals surface area contributed by atoms with Crippen molar-refractivity contribution >= 4 is 23.2 Å². The number of carbonyl (C=O) groups excluding carboxylic acids is 2. The van der Waals surface area contributed by atoms with E-state index in [1.807, 2.05) is 6.92 Å². The van der Waals surface area contributed by atoms with Gasteiger partial charge in [-0.1, -0.05) is 0 Å². The summed E-state index contributed by atoms with van der Waals surface area (Å²) in [6, 6.07) is 4.33. The van der Waals surface area contributed by atoms with Crippen LogP contribution in [0.5, 0.6) is 5.75 Å². The lowest BCUT2D eigenvalue weighted by molar-refractivity contribution is -0.148. The SMILES string of the molecule is Cc1cnc(-c2cc(OC[C@@H]3CN(C)C(=O)CO3)cc(C(=O)NC(C)c3cnc(C(F)(F)F)nc3)c2)s1. The number of morpholine rings is 1. The summed E-state index contributed by atoms with van der Waals surface area (Å²) in [7, 11) is 1.69. The number of nitrogens with zero attached hydrogens (tertiary/aromatic N) is 4. The standard InChI is InChI=1S/C24H24F3N5O4S/c1-13-7-28-22(37-13)16-4-15(5-18(6-16)35-11-19-10-32(3)20(33)12-36-19)21(34)31-14(2)17-8-29-23(30-9-17)24(25,26)27/h4-9,14,19H,10-12H2,1-3H3,(H,31,34)/t14?,19-/m0/s1. The summed E-state index contributed by atoms with van der Waals surface area (Å²) in [5.41, 5.74) is 1.26. The minimum absolute atomic E-state index is 0.0256. The summed E-state index contributed by atoms with van der Waals surface area (Å²) >= 11 is 1.46. The molecule has 0 spiro atoms. The van der Waals surface area contributed by atoms with E-state index in [1.165, 1.54) is 11.3 Å². The van der Waals surface area contributed by atoms with Gasteiger partial charge in [-0.15, -0.1) is 11.3 Å². The first-order valence-corrected chi connectivity index (χ1v) is 12.1. The summed E-state index contributed by atoms with van der Waals surface area (Å²) in [6.07, 6.45) is -1.18. The predicted octanol–water partition coefficient (Wildman–Crippen LogP) is 3.65. The van der Waals surface area contributed by atoms with Gasteiger partial charge in [-0.25, -0.2) is 15.0 Å². The second-order valence-electron chi connectivity index (χ2n) is 8.57. The van der Waals surface area contributed by atoms with Crippen LogP contribution in [0.3, 0.4) is 0 Å². The van der Waals surface area contributed by atoms with Crippen molar-refractivity contribution in [2.75, 3.05) is 26.8 Å². The van der Waals surface area contributed by atoms with Gasteiger partial charge >= 0.3 is 6.18 Å². The molecule has 0 aliphatic carbocycles. The average Bonchev–Trinajstić information content (AvgIpc) is 3.30. The van der Waals surface area contributed by atoms with E-state index in [1.54, 1.807) is 43.3 Å². The molecule has 2 amide bonds. The van der Waals surface area contributed by atoms with Crippen molar-refractivity contribution in [2.24, 2.45) is 0 Å². The average molecular weight is 536 g/mol. The highest BCUT2D eigenvalue weighted by Crippen LogP contribution is 2.30. The van der Waals surface area contributed by atoms with E-state index >= 15 is 0 Å². The normalized spacial score (nSPS) is 17.0.